The van der Waals surface area contributed by atoms with Crippen LogP contribution in [0.2, 0.25) is 0 Å². The van der Waals surface area contributed by atoms with Gasteiger partial charge in [0.25, 0.3) is 5.91 Å². The van der Waals surface area contributed by atoms with Crippen LogP contribution in [-0.4, -0.2) is 36.3 Å². The van der Waals surface area contributed by atoms with Crippen molar-refractivity contribution in [3.8, 4) is 11.1 Å². The number of halogens is 1. The van der Waals surface area contributed by atoms with Gasteiger partial charge in [-0.1, -0.05) is 54.6 Å². The van der Waals surface area contributed by atoms with Gasteiger partial charge < -0.3 is 10.2 Å². The second-order valence-corrected chi connectivity index (χ2v) is 7.52. The van der Waals surface area contributed by atoms with Crippen LogP contribution in [0.15, 0.2) is 78.9 Å². The molecule has 3 aromatic carbocycles. The molecule has 0 aromatic heterocycles. The van der Waals surface area contributed by atoms with Crippen molar-refractivity contribution in [1.82, 2.24) is 10.2 Å². The molecular formula is C25H23FN2O2. The summed E-state index contributed by atoms with van der Waals surface area (Å²) in [5.41, 5.74) is 3.53. The Balaban J connectivity index is 1.52. The Labute approximate surface area is 175 Å². The van der Waals surface area contributed by atoms with Gasteiger partial charge in [0.2, 0.25) is 5.91 Å². The zero-order valence-electron chi connectivity index (χ0n) is 16.6. The van der Waals surface area contributed by atoms with E-state index in [0.29, 0.717) is 31.6 Å². The maximum absolute atomic E-state index is 13.2. The van der Waals surface area contributed by atoms with Crippen molar-refractivity contribution in [3.05, 3.63) is 95.8 Å². The largest absolute Gasteiger partial charge is 0.354 e. The predicted molar refractivity (Wildman–Crippen MR) is 114 cm³/mol. The molecule has 1 atom stereocenters. The Morgan fingerprint density at radius 1 is 0.967 bits per heavy atom. The van der Waals surface area contributed by atoms with E-state index in [4.69, 9.17) is 0 Å². The number of benzene rings is 3. The average Bonchev–Trinajstić information content (AvgIpc) is 2.96. The first kappa shape index (κ1) is 19.8. The summed E-state index contributed by atoms with van der Waals surface area (Å²) in [5, 5.41) is 2.93. The summed E-state index contributed by atoms with van der Waals surface area (Å²) in [6.07, 6.45) is 0.527. The molecule has 152 valence electrons. The smallest absolute Gasteiger partial charge is 0.253 e. The summed E-state index contributed by atoms with van der Waals surface area (Å²) in [4.78, 5) is 27.3. The van der Waals surface area contributed by atoms with Gasteiger partial charge in [-0.15, -0.1) is 0 Å². The minimum absolute atomic E-state index is 0.0365. The Bertz CT molecular complexity index is 1030. The molecule has 4 rings (SSSR count). The summed E-state index contributed by atoms with van der Waals surface area (Å²) in [5.74, 6) is -0.695. The summed E-state index contributed by atoms with van der Waals surface area (Å²) in [7, 11) is 0. The fourth-order valence-electron chi connectivity index (χ4n) is 3.81. The van der Waals surface area contributed by atoms with Crippen LogP contribution in [0.5, 0.6) is 0 Å². The Kier molecular flexibility index (Phi) is 5.89. The molecule has 0 spiro atoms. The highest BCUT2D eigenvalue weighted by molar-refractivity contribution is 5.94. The fraction of sp³-hybridized carbons (Fsp3) is 0.200. The molecule has 3 aromatic rings. The van der Waals surface area contributed by atoms with Crippen molar-refractivity contribution in [2.45, 2.75) is 6.42 Å². The second-order valence-electron chi connectivity index (χ2n) is 7.52. The Morgan fingerprint density at radius 3 is 2.50 bits per heavy atom. The highest BCUT2D eigenvalue weighted by atomic mass is 19.1. The number of nitrogens with one attached hydrogen (secondary N) is 1. The van der Waals surface area contributed by atoms with Gasteiger partial charge in [0.1, 0.15) is 5.82 Å². The van der Waals surface area contributed by atoms with Gasteiger partial charge >= 0.3 is 0 Å². The number of carbonyl (C=O) groups is 2. The maximum atomic E-state index is 13.2. The molecule has 0 unspecified atom stereocenters. The van der Waals surface area contributed by atoms with Crippen LogP contribution in [0.25, 0.3) is 11.1 Å². The molecule has 0 bridgehead atoms. The third-order valence-corrected chi connectivity index (χ3v) is 5.39. The number of amides is 2. The van der Waals surface area contributed by atoms with E-state index in [0.717, 1.165) is 16.7 Å². The van der Waals surface area contributed by atoms with Gasteiger partial charge in [-0.25, -0.2) is 4.39 Å². The summed E-state index contributed by atoms with van der Waals surface area (Å²) >= 11 is 0. The molecule has 1 saturated heterocycles. The Morgan fingerprint density at radius 2 is 1.73 bits per heavy atom. The number of nitrogens with zero attached hydrogens (tertiary/aromatic N) is 1. The molecule has 1 fully saturated rings. The lowest BCUT2D eigenvalue weighted by molar-refractivity contribution is -0.124. The van der Waals surface area contributed by atoms with Crippen molar-refractivity contribution in [1.29, 1.82) is 0 Å². The maximum Gasteiger partial charge on any atom is 0.253 e. The molecule has 1 aliphatic rings. The van der Waals surface area contributed by atoms with Crippen molar-refractivity contribution in [2.75, 3.05) is 19.6 Å². The predicted octanol–water partition coefficient (Wildman–Crippen LogP) is 3.92. The lowest BCUT2D eigenvalue weighted by Gasteiger charge is -2.23. The van der Waals surface area contributed by atoms with Crippen LogP contribution in [0.3, 0.4) is 0 Å². The first-order valence-electron chi connectivity index (χ1n) is 10.1. The van der Waals surface area contributed by atoms with Crippen molar-refractivity contribution < 1.29 is 14.0 Å². The van der Waals surface area contributed by atoms with E-state index in [2.05, 4.69) is 5.32 Å². The van der Waals surface area contributed by atoms with Gasteiger partial charge in [-0.3, -0.25) is 9.59 Å². The molecule has 0 radical (unpaired) electrons. The molecule has 1 heterocycles. The average molecular weight is 402 g/mol. The van der Waals surface area contributed by atoms with Gasteiger partial charge in [0.15, 0.2) is 0 Å². The highest BCUT2D eigenvalue weighted by Crippen LogP contribution is 2.23. The van der Waals surface area contributed by atoms with Crippen LogP contribution >= 0.6 is 0 Å². The van der Waals surface area contributed by atoms with Crippen molar-refractivity contribution in [2.24, 2.45) is 5.92 Å². The molecule has 0 aliphatic carbocycles. The van der Waals surface area contributed by atoms with Crippen LogP contribution in [0.4, 0.5) is 4.39 Å². The molecule has 1 aliphatic heterocycles. The lowest BCUT2D eigenvalue weighted by Crippen LogP contribution is -2.37. The van der Waals surface area contributed by atoms with Gasteiger partial charge in [-0.2, -0.15) is 0 Å². The third-order valence-electron chi connectivity index (χ3n) is 5.39. The molecule has 0 saturated carbocycles. The minimum Gasteiger partial charge on any atom is -0.354 e. The zero-order chi connectivity index (χ0) is 20.9. The van der Waals surface area contributed by atoms with Crippen LogP contribution in [0.1, 0.15) is 15.9 Å². The zero-order valence-corrected chi connectivity index (χ0v) is 16.6. The van der Waals surface area contributed by atoms with Crippen molar-refractivity contribution >= 4 is 11.8 Å². The van der Waals surface area contributed by atoms with E-state index in [1.165, 1.54) is 12.1 Å². The number of rotatable bonds is 4. The lowest BCUT2D eigenvalue weighted by atomic mass is 9.95. The van der Waals surface area contributed by atoms with Gasteiger partial charge in [-0.05, 0) is 47.4 Å². The fourth-order valence-corrected chi connectivity index (χ4v) is 3.81. The highest BCUT2D eigenvalue weighted by Gasteiger charge is 2.28. The first-order chi connectivity index (χ1) is 14.6. The normalized spacial score (nSPS) is 16.6. The van der Waals surface area contributed by atoms with Crippen LogP contribution in [-0.2, 0) is 11.2 Å². The molecule has 1 N–H and O–H groups in total. The minimum atomic E-state index is -0.330. The summed E-state index contributed by atoms with van der Waals surface area (Å²) in [6.45, 7) is 1.31. The summed E-state index contributed by atoms with van der Waals surface area (Å²) in [6, 6.07) is 23.4. The Hall–Kier alpha value is -3.47. The van der Waals surface area contributed by atoms with E-state index >= 15 is 0 Å². The second kappa shape index (κ2) is 8.91. The monoisotopic (exact) mass is 402 g/mol. The molecule has 2 amide bonds. The van der Waals surface area contributed by atoms with Gasteiger partial charge in [0, 0.05) is 25.2 Å². The van der Waals surface area contributed by atoms with Crippen LogP contribution in [0, 0.1) is 11.7 Å². The topological polar surface area (TPSA) is 49.4 Å². The number of hydrogen-bond acceptors (Lipinski definition) is 2. The first-order valence-corrected chi connectivity index (χ1v) is 10.1. The summed E-state index contributed by atoms with van der Waals surface area (Å²) < 4.78 is 13.2. The molecule has 30 heavy (non-hydrogen) atoms. The standard InChI is InChI=1S/C25H23FN2O2/c26-23-11-9-19(10-12-23)21-8-4-5-18(15-21)16-22-17-28(14-13-27-24(22)29)25(30)20-6-2-1-3-7-20/h1-12,15,22H,13-14,16-17H2,(H,27,29)/t22-/m1/s1. The molecular weight excluding hydrogens is 379 g/mol. The van der Waals surface area contributed by atoms with Crippen LogP contribution < -0.4 is 5.32 Å². The quantitative estimate of drug-likeness (QED) is 0.719. The SMILES string of the molecule is O=C1NCCN(C(=O)c2ccccc2)C[C@H]1Cc1cccc(-c2ccc(F)cc2)c1. The van der Waals surface area contributed by atoms with Crippen molar-refractivity contribution in [3.63, 3.8) is 0 Å². The van der Waals surface area contributed by atoms with E-state index in [9.17, 15) is 14.0 Å². The molecule has 5 heteroatoms. The van der Waals surface area contributed by atoms with E-state index in [1.54, 1.807) is 29.2 Å². The van der Waals surface area contributed by atoms with E-state index < -0.39 is 0 Å². The van der Waals surface area contributed by atoms with E-state index in [-0.39, 0.29) is 23.5 Å². The van der Waals surface area contributed by atoms with E-state index in [1.807, 2.05) is 42.5 Å². The number of hydrogen-bond donors (Lipinski definition) is 1. The number of carbonyl (C=O) groups excluding carboxylic acids is 2. The third kappa shape index (κ3) is 4.57. The van der Waals surface area contributed by atoms with Gasteiger partial charge in [0.05, 0.1) is 5.92 Å². The molecule has 4 nitrogen and oxygen atoms in total.